The van der Waals surface area contributed by atoms with Crippen molar-refractivity contribution in [3.63, 3.8) is 0 Å². The number of nitro benzene ring substituents is 1. The number of carbonyl (C=O) groups excluding carboxylic acids is 1. The molecular formula is C22H20N8O3. The number of piperazine rings is 1. The molecule has 1 fully saturated rings. The Balaban J connectivity index is 1.34. The number of anilines is 1. The lowest BCUT2D eigenvalue weighted by Crippen LogP contribution is -2.49. The molecule has 3 heterocycles. The lowest BCUT2D eigenvalue weighted by molar-refractivity contribution is -0.384. The van der Waals surface area contributed by atoms with Crippen LogP contribution in [0.5, 0.6) is 0 Å². The van der Waals surface area contributed by atoms with Crippen molar-refractivity contribution in [2.24, 2.45) is 0 Å². The first-order chi connectivity index (χ1) is 16.0. The Bertz CT molecular complexity index is 1340. The Hall–Kier alpha value is -4.41. The van der Waals surface area contributed by atoms with Crippen LogP contribution in [0, 0.1) is 17.0 Å². The number of non-ortho nitro benzene ring substituents is 1. The van der Waals surface area contributed by atoms with E-state index < -0.39 is 4.92 Å². The van der Waals surface area contributed by atoms with Gasteiger partial charge in [-0.25, -0.2) is 9.97 Å². The summed E-state index contributed by atoms with van der Waals surface area (Å²) in [6, 6.07) is 13.7. The van der Waals surface area contributed by atoms with Crippen LogP contribution in [-0.4, -0.2) is 66.9 Å². The van der Waals surface area contributed by atoms with Crippen molar-refractivity contribution in [3.05, 3.63) is 76.1 Å². The molecule has 166 valence electrons. The molecule has 0 N–H and O–H groups in total. The average Bonchev–Trinajstić information content (AvgIpc) is 3.28. The van der Waals surface area contributed by atoms with Gasteiger partial charge < -0.3 is 9.80 Å². The molecule has 11 heteroatoms. The van der Waals surface area contributed by atoms with Crippen LogP contribution in [0.2, 0.25) is 0 Å². The summed E-state index contributed by atoms with van der Waals surface area (Å²) >= 11 is 0. The fraction of sp³-hybridized carbons (Fsp3) is 0.227. The molecule has 1 amide bonds. The second-order valence-electron chi connectivity index (χ2n) is 7.79. The number of hydrogen-bond donors (Lipinski definition) is 0. The first-order valence-corrected chi connectivity index (χ1v) is 10.4. The number of carbonyl (C=O) groups is 1. The van der Waals surface area contributed by atoms with E-state index in [0.29, 0.717) is 48.7 Å². The molecule has 0 atom stereocenters. The molecule has 5 rings (SSSR count). The third-order valence-corrected chi connectivity index (χ3v) is 5.67. The van der Waals surface area contributed by atoms with Crippen LogP contribution in [0.15, 0.2) is 54.9 Å². The van der Waals surface area contributed by atoms with E-state index in [9.17, 15) is 14.9 Å². The second-order valence-corrected chi connectivity index (χ2v) is 7.79. The number of rotatable bonds is 4. The van der Waals surface area contributed by atoms with Gasteiger partial charge in [-0.2, -0.15) is 4.68 Å². The van der Waals surface area contributed by atoms with Crippen molar-refractivity contribution < 1.29 is 9.72 Å². The highest BCUT2D eigenvalue weighted by atomic mass is 16.6. The quantitative estimate of drug-likeness (QED) is 0.347. The van der Waals surface area contributed by atoms with Gasteiger partial charge in [-0.15, -0.1) is 5.10 Å². The normalized spacial score (nSPS) is 14.0. The van der Waals surface area contributed by atoms with Gasteiger partial charge in [-0.1, -0.05) is 29.0 Å². The maximum atomic E-state index is 12.8. The summed E-state index contributed by atoms with van der Waals surface area (Å²) in [5.74, 6) is 0.442. The zero-order valence-corrected chi connectivity index (χ0v) is 17.8. The molecule has 1 aliphatic heterocycles. The summed E-state index contributed by atoms with van der Waals surface area (Å²) in [4.78, 5) is 35.9. The van der Waals surface area contributed by atoms with Gasteiger partial charge in [0.1, 0.15) is 6.33 Å². The Morgan fingerprint density at radius 3 is 2.52 bits per heavy atom. The minimum Gasteiger partial charge on any atom is -0.351 e. The second kappa shape index (κ2) is 8.26. The van der Waals surface area contributed by atoms with E-state index in [2.05, 4.69) is 25.2 Å². The third-order valence-electron chi connectivity index (χ3n) is 5.67. The highest BCUT2D eigenvalue weighted by molar-refractivity contribution is 5.95. The number of hydrogen-bond acceptors (Lipinski definition) is 8. The molecular weight excluding hydrogens is 424 g/mol. The topological polar surface area (TPSA) is 123 Å². The Morgan fingerprint density at radius 1 is 1.03 bits per heavy atom. The van der Waals surface area contributed by atoms with Gasteiger partial charge in [0.25, 0.3) is 11.6 Å². The van der Waals surface area contributed by atoms with Gasteiger partial charge in [0.05, 0.1) is 10.6 Å². The highest BCUT2D eigenvalue weighted by Crippen LogP contribution is 2.24. The van der Waals surface area contributed by atoms with Crippen LogP contribution in [-0.2, 0) is 0 Å². The molecule has 0 radical (unpaired) electrons. The zero-order chi connectivity index (χ0) is 22.9. The lowest BCUT2D eigenvalue weighted by atomic mass is 10.1. The lowest BCUT2D eigenvalue weighted by Gasteiger charge is -2.35. The molecule has 0 aliphatic carbocycles. The fourth-order valence-electron chi connectivity index (χ4n) is 3.88. The monoisotopic (exact) mass is 444 g/mol. The van der Waals surface area contributed by atoms with E-state index in [1.54, 1.807) is 15.6 Å². The SMILES string of the molecule is Cc1ccc(-n2nnc3c(N4CCN(C(=O)c5cccc([N+](=O)[O-])c5)CC4)ncnc32)cc1. The predicted octanol–water partition coefficient (Wildman–Crippen LogP) is 2.39. The first-order valence-electron chi connectivity index (χ1n) is 10.4. The third kappa shape index (κ3) is 3.84. The van der Waals surface area contributed by atoms with Crippen molar-refractivity contribution in [2.75, 3.05) is 31.1 Å². The molecule has 1 aliphatic rings. The van der Waals surface area contributed by atoms with Crippen LogP contribution in [0.1, 0.15) is 15.9 Å². The Morgan fingerprint density at radius 2 is 1.79 bits per heavy atom. The van der Waals surface area contributed by atoms with Crippen LogP contribution in [0.3, 0.4) is 0 Å². The first kappa shape index (κ1) is 20.5. The molecule has 1 saturated heterocycles. The van der Waals surface area contributed by atoms with Gasteiger partial charge in [0.2, 0.25) is 0 Å². The number of amides is 1. The maximum Gasteiger partial charge on any atom is 0.270 e. The minimum absolute atomic E-state index is 0.0977. The molecule has 11 nitrogen and oxygen atoms in total. The van der Waals surface area contributed by atoms with Crippen LogP contribution < -0.4 is 4.90 Å². The molecule has 0 saturated carbocycles. The highest BCUT2D eigenvalue weighted by Gasteiger charge is 2.26. The van der Waals surface area contributed by atoms with Gasteiger partial charge in [-0.05, 0) is 25.1 Å². The molecule has 0 bridgehead atoms. The van der Waals surface area contributed by atoms with Crippen LogP contribution in [0.25, 0.3) is 16.9 Å². The summed E-state index contributed by atoms with van der Waals surface area (Å²) < 4.78 is 1.68. The summed E-state index contributed by atoms with van der Waals surface area (Å²) in [5.41, 5.74) is 3.43. The summed E-state index contributed by atoms with van der Waals surface area (Å²) in [6.07, 6.45) is 1.49. The van der Waals surface area contributed by atoms with Crippen molar-refractivity contribution in [1.82, 2.24) is 29.9 Å². The number of aryl methyl sites for hydroxylation is 1. The van der Waals surface area contributed by atoms with Crippen molar-refractivity contribution in [3.8, 4) is 5.69 Å². The minimum atomic E-state index is -0.501. The van der Waals surface area contributed by atoms with Crippen molar-refractivity contribution in [2.45, 2.75) is 6.92 Å². The van der Waals surface area contributed by atoms with E-state index in [0.717, 1.165) is 11.3 Å². The molecule has 0 unspecified atom stereocenters. The Labute approximate surface area is 188 Å². The standard InChI is InChI=1S/C22H20N8O3/c1-15-5-7-17(8-6-15)29-21-19(25-26-29)20(23-14-24-21)27-9-11-28(12-10-27)22(31)16-3-2-4-18(13-16)30(32)33/h2-8,13-14H,9-12H2,1H3. The molecule has 33 heavy (non-hydrogen) atoms. The van der Waals surface area contributed by atoms with Gasteiger partial charge in [0, 0.05) is 43.9 Å². The number of aromatic nitrogens is 5. The largest absolute Gasteiger partial charge is 0.351 e. The Kier molecular flexibility index (Phi) is 5.13. The van der Waals surface area contributed by atoms with E-state index in [4.69, 9.17) is 0 Å². The van der Waals surface area contributed by atoms with E-state index >= 15 is 0 Å². The molecule has 2 aromatic carbocycles. The van der Waals surface area contributed by atoms with Gasteiger partial charge >= 0.3 is 0 Å². The molecule has 4 aromatic rings. The summed E-state index contributed by atoms with van der Waals surface area (Å²) in [7, 11) is 0. The average molecular weight is 444 g/mol. The van der Waals surface area contributed by atoms with Crippen molar-refractivity contribution in [1.29, 1.82) is 0 Å². The van der Waals surface area contributed by atoms with E-state index in [1.165, 1.54) is 24.5 Å². The van der Waals surface area contributed by atoms with Gasteiger partial charge in [0.15, 0.2) is 17.0 Å². The number of nitro groups is 1. The smallest absolute Gasteiger partial charge is 0.270 e. The number of nitrogens with zero attached hydrogens (tertiary/aromatic N) is 8. The van der Waals surface area contributed by atoms with E-state index in [1.807, 2.05) is 31.2 Å². The number of fused-ring (bicyclic) bond motifs is 1. The number of benzene rings is 2. The fourth-order valence-corrected chi connectivity index (χ4v) is 3.88. The molecule has 2 aromatic heterocycles. The van der Waals surface area contributed by atoms with Crippen LogP contribution in [0.4, 0.5) is 11.5 Å². The van der Waals surface area contributed by atoms with Gasteiger partial charge in [-0.3, -0.25) is 14.9 Å². The van der Waals surface area contributed by atoms with E-state index in [-0.39, 0.29) is 11.6 Å². The van der Waals surface area contributed by atoms with Crippen molar-refractivity contribution >= 4 is 28.6 Å². The molecule has 0 spiro atoms. The predicted molar refractivity (Wildman–Crippen MR) is 120 cm³/mol. The summed E-state index contributed by atoms with van der Waals surface area (Å²) in [5, 5.41) is 19.6. The zero-order valence-electron chi connectivity index (χ0n) is 17.8. The van der Waals surface area contributed by atoms with Crippen LogP contribution >= 0.6 is 0 Å². The maximum absolute atomic E-state index is 12.8. The summed E-state index contributed by atoms with van der Waals surface area (Å²) in [6.45, 7) is 4.03.